The van der Waals surface area contributed by atoms with Crippen LogP contribution < -0.4 is 21.1 Å². The largest absolute Gasteiger partial charge is 0.455 e. The Balaban J connectivity index is 1.64. The van der Waals surface area contributed by atoms with Crippen molar-refractivity contribution < 1.29 is 13.9 Å². The zero-order chi connectivity index (χ0) is 22.0. The predicted octanol–water partition coefficient (Wildman–Crippen LogP) is 4.13. The lowest BCUT2D eigenvalue weighted by Crippen LogP contribution is -2.28. The number of urea groups is 1. The zero-order valence-corrected chi connectivity index (χ0v) is 17.1. The number of nitrogens with one attached hydrogen (secondary N) is 2. The molecule has 31 heavy (non-hydrogen) atoms. The molecule has 8 heteroatoms. The lowest BCUT2D eigenvalue weighted by atomic mass is 10.2. The summed E-state index contributed by atoms with van der Waals surface area (Å²) < 4.78 is 22.3. The zero-order valence-electron chi connectivity index (χ0n) is 17.1. The molecule has 0 aliphatic carbocycles. The fourth-order valence-electron chi connectivity index (χ4n) is 3.32. The van der Waals surface area contributed by atoms with E-state index in [0.717, 1.165) is 0 Å². The number of hydrogen-bond acceptors (Lipinski definition) is 3. The van der Waals surface area contributed by atoms with Crippen LogP contribution in [0.5, 0.6) is 11.5 Å². The Morgan fingerprint density at radius 3 is 2.39 bits per heavy atom. The Morgan fingerprint density at radius 1 is 0.968 bits per heavy atom. The van der Waals surface area contributed by atoms with E-state index in [2.05, 4.69) is 10.6 Å². The molecule has 158 valence electrons. The molecule has 0 fully saturated rings. The highest BCUT2D eigenvalue weighted by Crippen LogP contribution is 2.33. The van der Waals surface area contributed by atoms with Crippen molar-refractivity contribution in [2.75, 3.05) is 5.32 Å². The molecule has 7 nitrogen and oxygen atoms in total. The molecule has 0 saturated carbocycles. The first-order valence-corrected chi connectivity index (χ1v) is 9.64. The van der Waals surface area contributed by atoms with Crippen LogP contribution in [0.25, 0.3) is 11.0 Å². The van der Waals surface area contributed by atoms with Gasteiger partial charge in [0, 0.05) is 26.7 Å². The summed E-state index contributed by atoms with van der Waals surface area (Å²) in [5.74, 6) is 0.612. The first-order valence-electron chi connectivity index (χ1n) is 9.64. The quantitative estimate of drug-likeness (QED) is 0.510. The van der Waals surface area contributed by atoms with Crippen LogP contribution in [0.15, 0.2) is 71.5 Å². The summed E-state index contributed by atoms with van der Waals surface area (Å²) >= 11 is 0. The van der Waals surface area contributed by atoms with Crippen LogP contribution >= 0.6 is 0 Å². The summed E-state index contributed by atoms with van der Waals surface area (Å²) in [6.45, 7) is 0.157. The summed E-state index contributed by atoms with van der Waals surface area (Å²) in [5.41, 5.74) is 2.16. The number of carbonyl (C=O) groups excluding carboxylic acids is 1. The van der Waals surface area contributed by atoms with E-state index in [1.54, 1.807) is 50.5 Å². The summed E-state index contributed by atoms with van der Waals surface area (Å²) in [6, 6.07) is 18.1. The van der Waals surface area contributed by atoms with Crippen LogP contribution in [0.3, 0.4) is 0 Å². The second-order valence-electron chi connectivity index (χ2n) is 7.09. The smallest absolute Gasteiger partial charge is 0.328 e. The second-order valence-corrected chi connectivity index (χ2v) is 7.09. The van der Waals surface area contributed by atoms with Gasteiger partial charge in [-0.3, -0.25) is 9.13 Å². The number of halogens is 1. The van der Waals surface area contributed by atoms with Gasteiger partial charge in [-0.1, -0.05) is 30.3 Å². The number of carbonyl (C=O) groups is 1. The molecule has 0 saturated heterocycles. The van der Waals surface area contributed by atoms with Gasteiger partial charge in [-0.25, -0.2) is 14.0 Å². The number of aryl methyl sites for hydroxylation is 2. The van der Waals surface area contributed by atoms with Gasteiger partial charge in [-0.2, -0.15) is 0 Å². The Morgan fingerprint density at radius 2 is 1.68 bits per heavy atom. The number of ether oxygens (including phenoxy) is 1. The van der Waals surface area contributed by atoms with E-state index in [1.807, 2.05) is 18.2 Å². The minimum atomic E-state index is -0.484. The molecule has 0 unspecified atom stereocenters. The van der Waals surface area contributed by atoms with E-state index in [4.69, 9.17) is 4.74 Å². The molecule has 0 atom stereocenters. The molecule has 3 aromatic carbocycles. The number of hydrogen-bond donors (Lipinski definition) is 2. The minimum Gasteiger partial charge on any atom is -0.455 e. The van der Waals surface area contributed by atoms with E-state index < -0.39 is 6.03 Å². The van der Waals surface area contributed by atoms with Gasteiger partial charge in [0.05, 0.1) is 16.7 Å². The van der Waals surface area contributed by atoms with Crippen LogP contribution in [0.1, 0.15) is 5.56 Å². The maximum atomic E-state index is 13.3. The third-order valence-corrected chi connectivity index (χ3v) is 4.93. The normalized spacial score (nSPS) is 10.8. The molecule has 0 aliphatic heterocycles. The van der Waals surface area contributed by atoms with Crippen LogP contribution in [0.4, 0.5) is 14.9 Å². The standard InChI is InChI=1S/C23H21FN4O3/c1-27-19-12-18(26-22(29)25-14-15-7-6-8-16(24)11-15)21(13-20(19)28(2)23(27)30)31-17-9-4-3-5-10-17/h3-13H,14H2,1-2H3,(H2,25,26,29). The molecule has 4 rings (SSSR count). The van der Waals surface area contributed by atoms with E-state index in [1.165, 1.54) is 21.3 Å². The molecule has 0 spiro atoms. The molecule has 0 radical (unpaired) electrons. The highest BCUT2D eigenvalue weighted by Gasteiger charge is 2.16. The van der Waals surface area contributed by atoms with Gasteiger partial charge in [-0.05, 0) is 35.9 Å². The number of benzene rings is 3. The highest BCUT2D eigenvalue weighted by molar-refractivity contribution is 5.94. The maximum Gasteiger partial charge on any atom is 0.328 e. The second kappa shape index (κ2) is 8.35. The maximum absolute atomic E-state index is 13.3. The topological polar surface area (TPSA) is 77.3 Å². The van der Waals surface area contributed by atoms with Crippen molar-refractivity contribution in [2.24, 2.45) is 14.1 Å². The first-order chi connectivity index (χ1) is 14.9. The van der Waals surface area contributed by atoms with Crippen molar-refractivity contribution >= 4 is 22.8 Å². The molecule has 1 heterocycles. The van der Waals surface area contributed by atoms with Crippen molar-refractivity contribution in [2.45, 2.75) is 6.54 Å². The van der Waals surface area contributed by atoms with E-state index in [0.29, 0.717) is 33.8 Å². The van der Waals surface area contributed by atoms with E-state index in [-0.39, 0.29) is 18.1 Å². The lowest BCUT2D eigenvalue weighted by molar-refractivity contribution is 0.251. The van der Waals surface area contributed by atoms with Gasteiger partial charge < -0.3 is 15.4 Å². The number of amides is 2. The van der Waals surface area contributed by atoms with Gasteiger partial charge >= 0.3 is 11.7 Å². The highest BCUT2D eigenvalue weighted by atomic mass is 19.1. The number of rotatable bonds is 5. The number of aromatic nitrogens is 2. The number of fused-ring (bicyclic) bond motifs is 1. The van der Waals surface area contributed by atoms with Crippen LogP contribution in [0.2, 0.25) is 0 Å². The molecule has 4 aromatic rings. The Hall–Kier alpha value is -4.07. The average Bonchev–Trinajstić information content (AvgIpc) is 2.97. The van der Waals surface area contributed by atoms with Crippen molar-refractivity contribution in [3.05, 3.63) is 88.6 Å². The van der Waals surface area contributed by atoms with Crippen molar-refractivity contribution in [3.8, 4) is 11.5 Å². The number of nitrogens with zero attached hydrogens (tertiary/aromatic N) is 2. The summed E-state index contributed by atoms with van der Waals surface area (Å²) in [4.78, 5) is 24.9. The SMILES string of the molecule is Cn1c(=O)n(C)c2cc(Oc3ccccc3)c(NC(=O)NCc3cccc(F)c3)cc21. The van der Waals surface area contributed by atoms with Gasteiger partial charge in [0.15, 0.2) is 5.75 Å². The molecule has 0 aliphatic rings. The number of imidazole rings is 1. The van der Waals surface area contributed by atoms with Gasteiger partial charge in [-0.15, -0.1) is 0 Å². The van der Waals surface area contributed by atoms with Gasteiger partial charge in [0.1, 0.15) is 11.6 Å². The fraction of sp³-hybridized carbons (Fsp3) is 0.130. The van der Waals surface area contributed by atoms with E-state index in [9.17, 15) is 14.0 Å². The molecular weight excluding hydrogens is 399 g/mol. The fourth-order valence-corrected chi connectivity index (χ4v) is 3.32. The third-order valence-electron chi connectivity index (χ3n) is 4.93. The van der Waals surface area contributed by atoms with Crippen LogP contribution in [-0.4, -0.2) is 15.2 Å². The first kappa shape index (κ1) is 20.2. The summed E-state index contributed by atoms with van der Waals surface area (Å²) in [5, 5.41) is 5.47. The lowest BCUT2D eigenvalue weighted by Gasteiger charge is -2.14. The van der Waals surface area contributed by atoms with Crippen molar-refractivity contribution in [1.82, 2.24) is 14.5 Å². The Bertz CT molecular complexity index is 1310. The molecule has 1 aromatic heterocycles. The van der Waals surface area contributed by atoms with Gasteiger partial charge in [0.2, 0.25) is 0 Å². The van der Waals surface area contributed by atoms with Crippen molar-refractivity contribution in [1.29, 1.82) is 0 Å². The number of para-hydroxylation sites is 1. The molecule has 2 N–H and O–H groups in total. The minimum absolute atomic E-state index is 0.157. The average molecular weight is 420 g/mol. The summed E-state index contributed by atoms with van der Waals surface area (Å²) in [7, 11) is 3.34. The third kappa shape index (κ3) is 4.28. The van der Waals surface area contributed by atoms with Gasteiger partial charge in [0.25, 0.3) is 0 Å². The van der Waals surface area contributed by atoms with E-state index >= 15 is 0 Å². The number of anilines is 1. The Kier molecular flexibility index (Phi) is 5.44. The van der Waals surface area contributed by atoms with Crippen LogP contribution in [-0.2, 0) is 20.6 Å². The summed E-state index contributed by atoms with van der Waals surface area (Å²) in [6.07, 6.45) is 0. The van der Waals surface area contributed by atoms with Crippen LogP contribution in [0, 0.1) is 5.82 Å². The molecular formula is C23H21FN4O3. The monoisotopic (exact) mass is 420 g/mol. The Labute approximate surface area is 177 Å². The van der Waals surface area contributed by atoms with Crippen molar-refractivity contribution in [3.63, 3.8) is 0 Å². The molecule has 2 amide bonds. The molecule has 0 bridgehead atoms. The predicted molar refractivity (Wildman–Crippen MR) is 117 cm³/mol.